The van der Waals surface area contributed by atoms with E-state index in [1.165, 1.54) is 0 Å². The van der Waals surface area contributed by atoms with Crippen molar-refractivity contribution >= 4 is 22.6 Å². The van der Waals surface area contributed by atoms with Gasteiger partial charge in [0.15, 0.2) is 0 Å². The van der Waals surface area contributed by atoms with Crippen LogP contribution in [0.5, 0.6) is 5.75 Å². The number of phenolic OH excluding ortho intramolecular Hbond substituents is 1. The molecule has 0 aromatic heterocycles. The van der Waals surface area contributed by atoms with E-state index in [0.29, 0.717) is 11.1 Å². The lowest BCUT2D eigenvalue weighted by atomic mass is 9.92. The molecule has 0 radical (unpaired) electrons. The number of amides is 2. The Kier molecular flexibility index (Phi) is 6.69. The molecule has 0 saturated carbocycles. The lowest BCUT2D eigenvalue weighted by Crippen LogP contribution is -2.33. The summed E-state index contributed by atoms with van der Waals surface area (Å²) in [5.41, 5.74) is 2.99. The van der Waals surface area contributed by atoms with Gasteiger partial charge in [0, 0.05) is 24.1 Å². The van der Waals surface area contributed by atoms with Crippen molar-refractivity contribution < 1.29 is 14.7 Å². The van der Waals surface area contributed by atoms with E-state index < -0.39 is 6.04 Å². The maximum absolute atomic E-state index is 12.9. The second-order valence-electron chi connectivity index (χ2n) is 7.95. The molecule has 0 aliphatic heterocycles. The Hall–Kier alpha value is -4.12. The number of benzene rings is 4. The number of aromatic hydroxyl groups is 1. The molecule has 3 N–H and O–H groups in total. The predicted octanol–water partition coefficient (Wildman–Crippen LogP) is 4.88. The van der Waals surface area contributed by atoms with Crippen LogP contribution in [0.4, 0.5) is 0 Å². The predicted molar refractivity (Wildman–Crippen MR) is 130 cm³/mol. The third-order valence-electron chi connectivity index (χ3n) is 5.70. The molecule has 33 heavy (non-hydrogen) atoms. The van der Waals surface area contributed by atoms with Gasteiger partial charge < -0.3 is 15.7 Å². The number of hydrogen-bond acceptors (Lipinski definition) is 3. The zero-order valence-corrected chi connectivity index (χ0v) is 18.4. The minimum atomic E-state index is -0.531. The van der Waals surface area contributed by atoms with Gasteiger partial charge in [-0.25, -0.2) is 0 Å². The molecule has 4 rings (SSSR count). The molecule has 0 heterocycles. The quantitative estimate of drug-likeness (QED) is 0.385. The van der Waals surface area contributed by atoms with Crippen LogP contribution in [-0.4, -0.2) is 23.5 Å². The van der Waals surface area contributed by atoms with Gasteiger partial charge >= 0.3 is 0 Å². The number of nitrogens with one attached hydrogen (secondary N) is 2. The topological polar surface area (TPSA) is 78.4 Å². The highest BCUT2D eigenvalue weighted by atomic mass is 16.3. The van der Waals surface area contributed by atoms with Gasteiger partial charge in [0.05, 0.1) is 6.04 Å². The number of carbonyl (C=O) groups is 2. The van der Waals surface area contributed by atoms with E-state index >= 15 is 0 Å². The molecule has 0 saturated heterocycles. The molecule has 1 unspecified atom stereocenters. The van der Waals surface area contributed by atoms with Gasteiger partial charge in [0.2, 0.25) is 5.91 Å². The lowest BCUT2D eigenvalue weighted by Gasteiger charge is -2.23. The van der Waals surface area contributed by atoms with Crippen LogP contribution in [0.15, 0.2) is 91.0 Å². The molecule has 1 atom stereocenters. The van der Waals surface area contributed by atoms with Crippen LogP contribution >= 0.6 is 0 Å². The summed E-state index contributed by atoms with van der Waals surface area (Å²) in [4.78, 5) is 25.3. The smallest absolute Gasteiger partial charge is 0.251 e. The Labute approximate surface area is 193 Å². The molecule has 0 spiro atoms. The molecule has 0 aliphatic carbocycles. The van der Waals surface area contributed by atoms with Crippen molar-refractivity contribution in [2.24, 2.45) is 0 Å². The summed E-state index contributed by atoms with van der Waals surface area (Å²) in [5.74, 6) is -0.302. The number of rotatable bonds is 7. The molecule has 166 valence electrons. The zero-order chi connectivity index (χ0) is 23.2. The van der Waals surface area contributed by atoms with Gasteiger partial charge in [-0.15, -0.1) is 0 Å². The number of fused-ring (bicyclic) bond motifs is 1. The van der Waals surface area contributed by atoms with Gasteiger partial charge in [-0.2, -0.15) is 0 Å². The fourth-order valence-electron chi connectivity index (χ4n) is 4.00. The number of carbonyl (C=O) groups excluding carboxylic acids is 2. The van der Waals surface area contributed by atoms with Crippen molar-refractivity contribution in [2.45, 2.75) is 19.4 Å². The first-order valence-electron chi connectivity index (χ1n) is 10.9. The highest BCUT2D eigenvalue weighted by molar-refractivity contribution is 5.96. The summed E-state index contributed by atoms with van der Waals surface area (Å²) >= 11 is 0. The second-order valence-corrected chi connectivity index (χ2v) is 7.95. The normalized spacial score (nSPS) is 11.7. The minimum absolute atomic E-state index is 0.118. The number of hydrogen-bond donors (Lipinski definition) is 3. The molecule has 0 aliphatic rings. The third kappa shape index (κ3) is 5.04. The fourth-order valence-corrected chi connectivity index (χ4v) is 4.00. The van der Waals surface area contributed by atoms with E-state index in [-0.39, 0.29) is 30.5 Å². The van der Waals surface area contributed by atoms with Crippen LogP contribution in [0.1, 0.15) is 39.5 Å². The van der Waals surface area contributed by atoms with E-state index in [2.05, 4.69) is 10.6 Å². The average Bonchev–Trinajstić information content (AvgIpc) is 2.83. The lowest BCUT2D eigenvalue weighted by molar-refractivity contribution is -0.121. The fraction of sp³-hybridized carbons (Fsp3) is 0.143. The van der Waals surface area contributed by atoms with E-state index in [1.807, 2.05) is 85.8 Å². The summed E-state index contributed by atoms with van der Waals surface area (Å²) in [6, 6.07) is 27.6. The van der Waals surface area contributed by atoms with Crippen molar-refractivity contribution in [2.75, 3.05) is 6.54 Å². The highest BCUT2D eigenvalue weighted by Gasteiger charge is 2.22. The molecular weight excluding hydrogens is 412 g/mol. The van der Waals surface area contributed by atoms with Crippen LogP contribution in [0, 0.1) is 6.92 Å². The number of phenols is 1. The third-order valence-corrected chi connectivity index (χ3v) is 5.70. The Morgan fingerprint density at radius 3 is 2.33 bits per heavy atom. The molecule has 5 nitrogen and oxygen atoms in total. The first-order valence-corrected chi connectivity index (χ1v) is 10.9. The van der Waals surface area contributed by atoms with Crippen molar-refractivity contribution in [3.05, 3.63) is 113 Å². The van der Waals surface area contributed by atoms with Crippen molar-refractivity contribution in [3.8, 4) is 5.75 Å². The van der Waals surface area contributed by atoms with Crippen LogP contribution in [0.25, 0.3) is 10.8 Å². The van der Waals surface area contributed by atoms with Crippen LogP contribution < -0.4 is 10.6 Å². The van der Waals surface area contributed by atoms with Gasteiger partial charge in [0.25, 0.3) is 5.91 Å². The maximum atomic E-state index is 12.9. The molecule has 4 aromatic carbocycles. The van der Waals surface area contributed by atoms with E-state index in [4.69, 9.17) is 0 Å². The first kappa shape index (κ1) is 22.1. The van der Waals surface area contributed by atoms with Crippen LogP contribution in [0.2, 0.25) is 0 Å². The Bertz CT molecular complexity index is 1280. The largest absolute Gasteiger partial charge is 0.508 e. The van der Waals surface area contributed by atoms with E-state index in [9.17, 15) is 14.7 Å². The maximum Gasteiger partial charge on any atom is 0.251 e. The SMILES string of the molecule is Cc1ccccc1C(=O)NCCC(=O)NC(c1ccccc1)c1c(O)ccc2ccccc12. The monoisotopic (exact) mass is 438 g/mol. The van der Waals surface area contributed by atoms with Crippen molar-refractivity contribution in [1.29, 1.82) is 0 Å². The molecule has 0 bridgehead atoms. The summed E-state index contributed by atoms with van der Waals surface area (Å²) in [7, 11) is 0. The molecule has 0 fully saturated rings. The van der Waals surface area contributed by atoms with Crippen molar-refractivity contribution in [3.63, 3.8) is 0 Å². The molecular formula is C28H26N2O3. The Morgan fingerprint density at radius 2 is 1.55 bits per heavy atom. The second kappa shape index (κ2) is 10.0. The van der Waals surface area contributed by atoms with Crippen molar-refractivity contribution in [1.82, 2.24) is 10.6 Å². The average molecular weight is 439 g/mol. The summed E-state index contributed by atoms with van der Waals surface area (Å²) < 4.78 is 0. The van der Waals surface area contributed by atoms with Gasteiger partial charge in [-0.3, -0.25) is 9.59 Å². The summed E-state index contributed by atoms with van der Waals surface area (Å²) in [5, 5.41) is 18.5. The summed E-state index contributed by atoms with van der Waals surface area (Å²) in [6.07, 6.45) is 0.118. The molecule has 4 aromatic rings. The van der Waals surface area contributed by atoms with Gasteiger partial charge in [-0.05, 0) is 41.0 Å². The van der Waals surface area contributed by atoms with Crippen LogP contribution in [0.3, 0.4) is 0 Å². The highest BCUT2D eigenvalue weighted by Crippen LogP contribution is 2.35. The Balaban J connectivity index is 1.53. The Morgan fingerprint density at radius 1 is 0.848 bits per heavy atom. The molecule has 2 amide bonds. The molecule has 5 heteroatoms. The standard InChI is InChI=1S/C28H26N2O3/c1-19-9-5-7-13-22(19)28(33)29-18-17-25(32)30-27(21-11-3-2-4-12-21)26-23-14-8-6-10-20(23)15-16-24(26)31/h2-16,27,31H,17-18H2,1H3,(H,29,33)(H,30,32). The summed E-state index contributed by atoms with van der Waals surface area (Å²) in [6.45, 7) is 2.09. The van der Waals surface area contributed by atoms with Gasteiger partial charge in [0.1, 0.15) is 5.75 Å². The minimum Gasteiger partial charge on any atom is -0.508 e. The van der Waals surface area contributed by atoms with Crippen LogP contribution in [-0.2, 0) is 4.79 Å². The van der Waals surface area contributed by atoms with E-state index in [1.54, 1.807) is 12.1 Å². The zero-order valence-electron chi connectivity index (χ0n) is 18.4. The first-order chi connectivity index (χ1) is 16.0. The van der Waals surface area contributed by atoms with Gasteiger partial charge in [-0.1, -0.05) is 78.9 Å². The number of aryl methyl sites for hydroxylation is 1. The van der Waals surface area contributed by atoms with E-state index in [0.717, 1.165) is 21.9 Å².